The van der Waals surface area contributed by atoms with Crippen molar-refractivity contribution in [3.8, 4) is 0 Å². The van der Waals surface area contributed by atoms with Gasteiger partial charge < -0.3 is 63.1 Å². The first-order valence-corrected chi connectivity index (χ1v) is 23.1. The Hall–Kier alpha value is -3.20. The molecule has 370 valence electrons. The van der Waals surface area contributed by atoms with Gasteiger partial charge in [-0.2, -0.15) is 0 Å². The smallest absolute Gasteiger partial charge is 0.458 e. The molecule has 1 aromatic carbocycles. The number of amides is 1. The molecule has 17 nitrogen and oxygen atoms in total. The number of halogens is 1. The molecule has 4 saturated heterocycles. The minimum absolute atomic E-state index is 0.0367. The van der Waals surface area contributed by atoms with Crippen molar-refractivity contribution in [2.45, 2.75) is 192 Å². The number of methoxy groups -OCH3 is 1. The summed E-state index contributed by atoms with van der Waals surface area (Å²) in [6, 6.07) is 5.03. The van der Waals surface area contributed by atoms with Crippen LogP contribution in [0.2, 0.25) is 0 Å². The van der Waals surface area contributed by atoms with Crippen molar-refractivity contribution in [1.29, 1.82) is 0 Å². The summed E-state index contributed by atoms with van der Waals surface area (Å²) in [5.74, 6) is -3.11. The van der Waals surface area contributed by atoms with E-state index in [0.717, 1.165) is 0 Å². The van der Waals surface area contributed by atoms with Gasteiger partial charge in [-0.05, 0) is 112 Å². The summed E-state index contributed by atoms with van der Waals surface area (Å²) in [5.41, 5.74) is -3.46. The van der Waals surface area contributed by atoms with Gasteiger partial charge in [0.05, 0.1) is 35.9 Å². The molecule has 65 heavy (non-hydrogen) atoms. The number of fused-ring (bicyclic) bond motifs is 1. The monoisotopic (exact) mass is 926 g/mol. The van der Waals surface area contributed by atoms with Crippen LogP contribution in [-0.4, -0.2) is 163 Å². The highest BCUT2D eigenvalue weighted by Crippen LogP contribution is 2.42. The molecule has 1 amide bonds. The maximum absolute atomic E-state index is 14.7. The Kier molecular flexibility index (Phi) is 17.4. The van der Waals surface area contributed by atoms with E-state index >= 15 is 0 Å². The Balaban J connectivity index is 1.51. The molecule has 3 N–H and O–H groups in total. The second-order valence-electron chi connectivity index (χ2n) is 19.9. The normalized spacial score (nSPS) is 42.5. The van der Waals surface area contributed by atoms with Crippen LogP contribution in [0.1, 0.15) is 100 Å². The third-order valence-electron chi connectivity index (χ3n) is 14.2. The Bertz CT molecular complexity index is 1760. The van der Waals surface area contributed by atoms with Crippen molar-refractivity contribution in [3.63, 3.8) is 0 Å². The van der Waals surface area contributed by atoms with E-state index in [-0.39, 0.29) is 49.9 Å². The van der Waals surface area contributed by atoms with Crippen LogP contribution in [0.4, 0.5) is 14.0 Å². The number of hydrogen-bond donors (Lipinski definition) is 3. The van der Waals surface area contributed by atoms with Crippen molar-refractivity contribution < 1.29 is 71.6 Å². The standard InChI is InChI=1S/C47H76FN3O14/c1-15-34-47(10)39(64-44(55)65-47)29(6)51(13)24-25(2)21-45(8,56)38(62-42-36(52)33(50(11)12)20-26(3)58-42)27(4)37(28(5)41(53)60-34)61-35-22-46(9,57-14)40(30(7)59-35)63-43(54)49-23-31-16-18-32(48)19-17-31/h16-19,25-30,33-40,42,52,56H,15,20-24H2,1-14H3,(H,49,54)/t25-,26-,27+,28-,29-,30+,33+,34-,35+,36-,37+,38-,39-,40+,42+,45+,46-,47-/m1/s1. The molecule has 4 fully saturated rings. The van der Waals surface area contributed by atoms with Gasteiger partial charge in [0.15, 0.2) is 30.4 Å². The molecule has 0 radical (unpaired) electrons. The highest BCUT2D eigenvalue weighted by molar-refractivity contribution is 5.73. The number of benzene rings is 1. The molecule has 0 unspecified atom stereocenters. The average Bonchev–Trinajstić information content (AvgIpc) is 3.55. The molecule has 4 heterocycles. The molecule has 5 rings (SSSR count). The van der Waals surface area contributed by atoms with E-state index in [4.69, 9.17) is 42.6 Å². The lowest BCUT2D eigenvalue weighted by atomic mass is 9.77. The second-order valence-corrected chi connectivity index (χ2v) is 19.9. The van der Waals surface area contributed by atoms with Crippen molar-refractivity contribution in [2.24, 2.45) is 17.8 Å². The van der Waals surface area contributed by atoms with Crippen molar-refractivity contribution in [2.75, 3.05) is 34.8 Å². The zero-order valence-corrected chi connectivity index (χ0v) is 40.8. The zero-order chi connectivity index (χ0) is 48.3. The Morgan fingerprint density at radius 2 is 1.65 bits per heavy atom. The molecule has 1 aromatic rings. The Labute approximate surface area is 384 Å². The number of carbonyl (C=O) groups excluding carboxylic acids is 3. The number of cyclic esters (lactones) is 1. The Morgan fingerprint density at radius 3 is 2.26 bits per heavy atom. The molecule has 18 heteroatoms. The minimum Gasteiger partial charge on any atom is -0.458 e. The van der Waals surface area contributed by atoms with E-state index in [1.54, 1.807) is 46.8 Å². The van der Waals surface area contributed by atoms with E-state index in [1.807, 2.05) is 65.6 Å². The molecule has 0 spiro atoms. The number of likely N-dealkylation sites (N-methyl/N-ethyl adjacent to an activating group) is 2. The molecule has 0 saturated carbocycles. The molecule has 0 bridgehead atoms. The summed E-state index contributed by atoms with van der Waals surface area (Å²) >= 11 is 0. The quantitative estimate of drug-likeness (QED) is 0.206. The number of aliphatic hydroxyl groups excluding tert-OH is 1. The highest BCUT2D eigenvalue weighted by atomic mass is 19.1. The first-order chi connectivity index (χ1) is 30.3. The zero-order valence-electron chi connectivity index (χ0n) is 40.8. The number of aliphatic hydroxyl groups is 2. The summed E-state index contributed by atoms with van der Waals surface area (Å²) in [7, 11) is 7.15. The molecule has 4 aliphatic heterocycles. The van der Waals surface area contributed by atoms with Gasteiger partial charge in [0.2, 0.25) is 0 Å². The van der Waals surface area contributed by atoms with Gasteiger partial charge in [0.25, 0.3) is 0 Å². The highest BCUT2D eigenvalue weighted by Gasteiger charge is 2.58. The number of nitrogens with zero attached hydrogens (tertiary/aromatic N) is 2. The third kappa shape index (κ3) is 12.1. The second kappa shape index (κ2) is 21.4. The van der Waals surface area contributed by atoms with Crippen LogP contribution in [0.15, 0.2) is 24.3 Å². The summed E-state index contributed by atoms with van der Waals surface area (Å²) in [6.45, 7) is 18.6. The van der Waals surface area contributed by atoms with E-state index in [2.05, 4.69) is 5.32 Å². The van der Waals surface area contributed by atoms with Crippen LogP contribution < -0.4 is 5.32 Å². The fourth-order valence-corrected chi connectivity index (χ4v) is 10.5. The number of nitrogens with one attached hydrogen (secondary N) is 1. The number of hydrogen-bond acceptors (Lipinski definition) is 16. The van der Waals surface area contributed by atoms with Gasteiger partial charge in [0, 0.05) is 44.6 Å². The van der Waals surface area contributed by atoms with Crippen molar-refractivity contribution >= 4 is 18.2 Å². The number of ether oxygens (including phenoxy) is 9. The summed E-state index contributed by atoms with van der Waals surface area (Å²) in [5, 5.41) is 27.2. The predicted octanol–water partition coefficient (Wildman–Crippen LogP) is 5.16. The van der Waals surface area contributed by atoms with Gasteiger partial charge in [-0.15, -0.1) is 0 Å². The van der Waals surface area contributed by atoms with Gasteiger partial charge in [0.1, 0.15) is 23.6 Å². The largest absolute Gasteiger partial charge is 0.509 e. The molecule has 4 aliphatic rings. The van der Waals surface area contributed by atoms with Crippen LogP contribution >= 0.6 is 0 Å². The molecule has 18 atom stereocenters. The lowest BCUT2D eigenvalue weighted by molar-refractivity contribution is -0.317. The van der Waals surface area contributed by atoms with Gasteiger partial charge in [-0.3, -0.25) is 9.69 Å². The maximum atomic E-state index is 14.7. The van der Waals surface area contributed by atoms with Crippen molar-refractivity contribution in [1.82, 2.24) is 15.1 Å². The maximum Gasteiger partial charge on any atom is 0.509 e. The number of alkyl carbamates (subject to hydrolysis) is 1. The molecular weight excluding hydrogens is 850 g/mol. The van der Waals surface area contributed by atoms with E-state index in [0.29, 0.717) is 18.5 Å². The van der Waals surface area contributed by atoms with Gasteiger partial charge in [-0.1, -0.05) is 32.9 Å². The van der Waals surface area contributed by atoms with Crippen LogP contribution in [-0.2, 0) is 54.0 Å². The Morgan fingerprint density at radius 1 is 0.985 bits per heavy atom. The topological polar surface area (TPSA) is 193 Å². The molecular formula is C47H76FN3O14. The fraction of sp³-hybridized carbons (Fsp3) is 0.809. The van der Waals surface area contributed by atoms with Crippen LogP contribution in [0, 0.1) is 23.6 Å². The SMILES string of the molecule is CC[C@H]1OC(=O)[C@H](C)[C@@H](O[C@H]2C[C@@](C)(OC)[C@@H](OC(=O)NCc3ccc(F)cc3)[C@H](C)O2)[C@H](C)[C@@H](O[C@@H]2O[C@H](C)C[C@H](N(C)C)[C@H]2O)[C@@](C)(O)C[C@@H](C)CN(C)[C@H](C)[C@H]2OC(=O)O[C@@]21C. The van der Waals surface area contributed by atoms with Crippen molar-refractivity contribution in [3.05, 3.63) is 35.6 Å². The first kappa shape index (κ1) is 52.8. The lowest BCUT2D eigenvalue weighted by Crippen LogP contribution is -2.61. The van der Waals surface area contributed by atoms with Gasteiger partial charge >= 0.3 is 18.2 Å². The van der Waals surface area contributed by atoms with Crippen LogP contribution in [0.25, 0.3) is 0 Å². The van der Waals surface area contributed by atoms with E-state index < -0.39 is 108 Å². The summed E-state index contributed by atoms with van der Waals surface area (Å²) < 4.78 is 69.9. The number of carbonyl (C=O) groups is 3. The summed E-state index contributed by atoms with van der Waals surface area (Å²) in [4.78, 5) is 44.6. The molecule has 0 aromatic heterocycles. The lowest BCUT2D eigenvalue weighted by Gasteiger charge is -2.49. The van der Waals surface area contributed by atoms with Crippen LogP contribution in [0.5, 0.6) is 0 Å². The number of esters is 1. The first-order valence-electron chi connectivity index (χ1n) is 23.1. The molecule has 0 aliphatic carbocycles. The fourth-order valence-electron chi connectivity index (χ4n) is 10.5. The predicted molar refractivity (Wildman–Crippen MR) is 235 cm³/mol. The van der Waals surface area contributed by atoms with E-state index in [9.17, 15) is 29.0 Å². The summed E-state index contributed by atoms with van der Waals surface area (Å²) in [6.07, 6.45) is -9.76. The van der Waals surface area contributed by atoms with Gasteiger partial charge in [-0.25, -0.2) is 14.0 Å². The van der Waals surface area contributed by atoms with E-state index in [1.165, 1.54) is 19.2 Å². The third-order valence-corrected chi connectivity index (χ3v) is 14.2. The van der Waals surface area contributed by atoms with Crippen LogP contribution in [0.3, 0.4) is 0 Å². The average molecular weight is 926 g/mol. The number of rotatable bonds is 10. The minimum atomic E-state index is -1.61.